The Bertz CT molecular complexity index is 208. The van der Waals surface area contributed by atoms with Crippen LogP contribution in [0.25, 0.3) is 0 Å². The fourth-order valence-electron chi connectivity index (χ4n) is 0.314. The summed E-state index contributed by atoms with van der Waals surface area (Å²) in [4.78, 5) is 0. The van der Waals surface area contributed by atoms with Crippen LogP contribution in [-0.2, 0) is 24.4 Å². The first-order chi connectivity index (χ1) is 7.25. The maximum Gasteiger partial charge on any atom is 1.00 e. The zero-order valence-corrected chi connectivity index (χ0v) is 15.4. The Labute approximate surface area is 128 Å². The summed E-state index contributed by atoms with van der Waals surface area (Å²) in [5, 5.41) is 18.5. The third-order valence-electron chi connectivity index (χ3n) is 3.06. The molecule has 0 unspecified atom stereocenters. The minimum absolute atomic E-state index is 0. The van der Waals surface area contributed by atoms with Crippen molar-refractivity contribution in [3.05, 3.63) is 5.92 Å². The SMILES string of the molecule is C[C-](C)C(C)(C)O.[B][B]OC(C)(C)C(C)(C)O.[Os+]. The van der Waals surface area contributed by atoms with Crippen molar-refractivity contribution in [2.24, 2.45) is 0 Å². The summed E-state index contributed by atoms with van der Waals surface area (Å²) in [6, 6.07) is 0. The van der Waals surface area contributed by atoms with E-state index in [4.69, 9.17) is 17.5 Å². The third-order valence-corrected chi connectivity index (χ3v) is 3.06. The fourth-order valence-corrected chi connectivity index (χ4v) is 0.314. The topological polar surface area (TPSA) is 49.7 Å². The van der Waals surface area contributed by atoms with E-state index in [0.29, 0.717) is 0 Å². The largest absolute Gasteiger partial charge is 1.00 e. The summed E-state index contributed by atoms with van der Waals surface area (Å²) < 4.78 is 5.00. The maximum absolute atomic E-state index is 9.48. The average Bonchev–Trinajstić information content (AvgIpc) is 2.00. The molecular formula is C12H26B2O3Os. The van der Waals surface area contributed by atoms with Gasteiger partial charge < -0.3 is 14.9 Å². The van der Waals surface area contributed by atoms with Crippen LogP contribution in [0.4, 0.5) is 0 Å². The van der Waals surface area contributed by atoms with Crippen molar-refractivity contribution >= 4 is 15.1 Å². The first-order valence-corrected chi connectivity index (χ1v) is 5.72. The summed E-state index contributed by atoms with van der Waals surface area (Å²) in [5.74, 6) is 1.05. The second-order valence-corrected chi connectivity index (χ2v) is 5.88. The molecule has 0 aliphatic heterocycles. The van der Waals surface area contributed by atoms with Gasteiger partial charge in [-0.05, 0) is 27.7 Å². The van der Waals surface area contributed by atoms with Gasteiger partial charge in [0.05, 0.1) is 18.9 Å². The Morgan fingerprint density at radius 2 is 1.28 bits per heavy atom. The first-order valence-electron chi connectivity index (χ1n) is 5.72. The van der Waals surface area contributed by atoms with Crippen LogP contribution in [0.15, 0.2) is 0 Å². The van der Waals surface area contributed by atoms with Crippen LogP contribution < -0.4 is 0 Å². The van der Waals surface area contributed by atoms with Crippen molar-refractivity contribution < 1.29 is 34.7 Å². The Morgan fingerprint density at radius 1 is 1.00 bits per heavy atom. The summed E-state index contributed by atoms with van der Waals surface area (Å²) in [5.41, 5.74) is -2.11. The monoisotopic (exact) mass is 432 g/mol. The van der Waals surface area contributed by atoms with E-state index in [1.807, 2.05) is 13.8 Å². The van der Waals surface area contributed by atoms with Crippen LogP contribution in [0.1, 0.15) is 55.4 Å². The van der Waals surface area contributed by atoms with Gasteiger partial charge in [0, 0.05) is 0 Å². The molecule has 6 heteroatoms. The molecular weight excluding hydrogens is 404 g/mol. The molecule has 0 aromatic heterocycles. The summed E-state index contributed by atoms with van der Waals surface area (Å²) in [6.07, 6.45) is 0. The molecule has 0 saturated carbocycles. The van der Waals surface area contributed by atoms with Crippen molar-refractivity contribution in [1.29, 1.82) is 0 Å². The molecule has 4 radical (unpaired) electrons. The smallest absolute Gasteiger partial charge is 0.445 e. The Morgan fingerprint density at radius 3 is 1.33 bits per heavy atom. The quantitative estimate of drug-likeness (QED) is 0.527. The molecule has 0 aromatic rings. The molecule has 0 atom stereocenters. The van der Waals surface area contributed by atoms with Gasteiger partial charge in [-0.2, -0.15) is 13.8 Å². The third kappa shape index (κ3) is 10.6. The van der Waals surface area contributed by atoms with Crippen LogP contribution in [0, 0.1) is 5.92 Å². The maximum atomic E-state index is 9.48. The molecule has 18 heavy (non-hydrogen) atoms. The zero-order valence-electron chi connectivity index (χ0n) is 12.8. The molecule has 0 aliphatic carbocycles. The van der Waals surface area contributed by atoms with Gasteiger partial charge in [-0.3, -0.25) is 5.92 Å². The molecule has 106 valence electrons. The predicted octanol–water partition coefficient (Wildman–Crippen LogP) is 1.62. The molecule has 0 bridgehead atoms. The van der Waals surface area contributed by atoms with E-state index in [-0.39, 0.29) is 19.8 Å². The molecule has 0 aromatic carbocycles. The van der Waals surface area contributed by atoms with Crippen LogP contribution in [-0.4, -0.2) is 42.1 Å². The molecule has 0 rings (SSSR count). The number of hydrogen-bond acceptors (Lipinski definition) is 3. The number of rotatable bonds is 4. The van der Waals surface area contributed by atoms with Crippen molar-refractivity contribution in [2.45, 2.75) is 72.2 Å². The van der Waals surface area contributed by atoms with Crippen LogP contribution >= 0.6 is 0 Å². The van der Waals surface area contributed by atoms with Gasteiger partial charge in [0.2, 0.25) is 7.37 Å². The van der Waals surface area contributed by atoms with Crippen molar-refractivity contribution in [2.75, 3.05) is 0 Å². The number of hydrogen-bond donors (Lipinski definition) is 2. The Balaban J connectivity index is -0.000000251. The van der Waals surface area contributed by atoms with Gasteiger partial charge in [-0.25, -0.2) is 0 Å². The van der Waals surface area contributed by atoms with Gasteiger partial charge in [-0.1, -0.05) is 19.4 Å². The van der Waals surface area contributed by atoms with Gasteiger partial charge >= 0.3 is 19.8 Å². The molecule has 0 fully saturated rings. The summed E-state index contributed by atoms with van der Waals surface area (Å²) in [6.45, 7) is 14.3. The van der Waals surface area contributed by atoms with E-state index in [1.54, 1.807) is 41.5 Å². The number of aliphatic hydroxyl groups is 2. The van der Waals surface area contributed by atoms with Gasteiger partial charge in [0.15, 0.2) is 0 Å². The molecule has 0 heterocycles. The zero-order chi connectivity index (χ0) is 14.5. The van der Waals surface area contributed by atoms with Crippen LogP contribution in [0.2, 0.25) is 0 Å². The minimum atomic E-state index is -0.886. The van der Waals surface area contributed by atoms with E-state index in [9.17, 15) is 5.11 Å². The fraction of sp³-hybridized carbons (Fsp3) is 0.917. The first kappa shape index (κ1) is 23.7. The van der Waals surface area contributed by atoms with Crippen molar-refractivity contribution in [3.8, 4) is 0 Å². The van der Waals surface area contributed by atoms with Gasteiger partial charge in [0.1, 0.15) is 0 Å². The molecule has 0 spiro atoms. The average molecular weight is 430 g/mol. The summed E-state index contributed by atoms with van der Waals surface area (Å²) >= 11 is 0. The minimum Gasteiger partial charge on any atom is -0.445 e. The Hall–Kier alpha value is 0.646. The van der Waals surface area contributed by atoms with E-state index >= 15 is 0 Å². The van der Waals surface area contributed by atoms with Crippen molar-refractivity contribution in [1.82, 2.24) is 0 Å². The van der Waals surface area contributed by atoms with Crippen LogP contribution in [0.5, 0.6) is 0 Å². The molecule has 3 nitrogen and oxygen atoms in total. The second kappa shape index (κ2) is 8.75. The molecule has 0 saturated heterocycles. The second-order valence-electron chi connectivity index (χ2n) is 5.88. The summed E-state index contributed by atoms with van der Waals surface area (Å²) in [7, 11) is 6.15. The van der Waals surface area contributed by atoms with E-state index in [2.05, 4.69) is 0 Å². The van der Waals surface area contributed by atoms with Gasteiger partial charge in [0.25, 0.3) is 0 Å². The Kier molecular flexibility index (Phi) is 11.5. The molecule has 0 amide bonds. The van der Waals surface area contributed by atoms with E-state index in [1.165, 1.54) is 0 Å². The predicted molar refractivity (Wildman–Crippen MR) is 73.9 cm³/mol. The normalized spacial score (nSPS) is 12.4. The molecule has 2 N–H and O–H groups in total. The van der Waals surface area contributed by atoms with Crippen molar-refractivity contribution in [3.63, 3.8) is 0 Å². The van der Waals surface area contributed by atoms with E-state index in [0.717, 1.165) is 13.3 Å². The van der Waals surface area contributed by atoms with Gasteiger partial charge in [-0.15, -0.1) is 0 Å². The van der Waals surface area contributed by atoms with E-state index < -0.39 is 16.8 Å². The van der Waals surface area contributed by atoms with Crippen LogP contribution in [0.3, 0.4) is 0 Å². The molecule has 0 aliphatic rings. The standard InChI is InChI=1S/C6H13B2O2.C6H13O.Os/c1-5(2,9)6(3,4)10-8-7;1-5(2)6(3,4)7;/h9H,1-4H3;7H,1-4H3;/q;-1;+1.